The highest BCUT2D eigenvalue weighted by Gasteiger charge is 2.20. The van der Waals surface area contributed by atoms with E-state index in [0.717, 1.165) is 43.0 Å². The lowest BCUT2D eigenvalue weighted by molar-refractivity contribution is 0.372. The number of hydrogen-bond acceptors (Lipinski definition) is 4. The predicted molar refractivity (Wildman–Crippen MR) is 96.4 cm³/mol. The third-order valence-corrected chi connectivity index (χ3v) is 4.41. The van der Waals surface area contributed by atoms with E-state index in [0.29, 0.717) is 6.54 Å². The van der Waals surface area contributed by atoms with Crippen molar-refractivity contribution in [3.63, 3.8) is 0 Å². The Balaban J connectivity index is 1.55. The zero-order valence-electron chi connectivity index (χ0n) is 14.0. The van der Waals surface area contributed by atoms with Crippen molar-refractivity contribution >= 4 is 23.2 Å². The first-order valence-corrected chi connectivity index (χ1v) is 8.34. The number of halogens is 1. The zero-order chi connectivity index (χ0) is 16.9. The molecule has 0 amide bonds. The van der Waals surface area contributed by atoms with Crippen molar-refractivity contribution < 1.29 is 0 Å². The number of guanidine groups is 1. The Kier molecular flexibility index (Phi) is 5.20. The fraction of sp³-hybridized carbons (Fsp3) is 0.438. The summed E-state index contributed by atoms with van der Waals surface area (Å²) in [6.45, 7) is 4.30. The normalized spacial score (nSPS) is 15.7. The number of aromatic nitrogens is 3. The Morgan fingerprint density at radius 2 is 2.08 bits per heavy atom. The SMILES string of the molecule is CN=C(NCc1nncn1C)N1CCN(c2cccc(Cl)c2)CC1. The van der Waals surface area contributed by atoms with Gasteiger partial charge in [-0.15, -0.1) is 10.2 Å². The molecule has 2 heterocycles. The van der Waals surface area contributed by atoms with Crippen LogP contribution in [0.4, 0.5) is 5.69 Å². The minimum Gasteiger partial charge on any atom is -0.368 e. The molecule has 8 heteroatoms. The van der Waals surface area contributed by atoms with Gasteiger partial charge in [0.25, 0.3) is 0 Å². The number of anilines is 1. The molecule has 2 aromatic rings. The number of aliphatic imine (C=N–C) groups is 1. The molecule has 0 spiro atoms. The van der Waals surface area contributed by atoms with Gasteiger partial charge in [0.05, 0.1) is 6.54 Å². The van der Waals surface area contributed by atoms with Crippen molar-refractivity contribution in [1.82, 2.24) is 25.0 Å². The Bertz CT molecular complexity index is 704. The molecule has 1 aromatic heterocycles. The molecular weight excluding hydrogens is 326 g/mol. The second-order valence-corrected chi connectivity index (χ2v) is 6.15. The highest BCUT2D eigenvalue weighted by Crippen LogP contribution is 2.20. The number of nitrogens with one attached hydrogen (secondary N) is 1. The molecule has 1 aliphatic rings. The Labute approximate surface area is 146 Å². The van der Waals surface area contributed by atoms with Gasteiger partial charge in [-0.1, -0.05) is 17.7 Å². The van der Waals surface area contributed by atoms with Gasteiger partial charge in [0.2, 0.25) is 0 Å². The second kappa shape index (κ2) is 7.53. The predicted octanol–water partition coefficient (Wildman–Crippen LogP) is 1.37. The third-order valence-electron chi connectivity index (χ3n) is 4.17. The van der Waals surface area contributed by atoms with E-state index in [2.05, 4.69) is 36.4 Å². The first kappa shape index (κ1) is 16.6. The summed E-state index contributed by atoms with van der Waals surface area (Å²) in [5, 5.41) is 12.1. The lowest BCUT2D eigenvalue weighted by atomic mass is 10.2. The molecule has 1 aromatic carbocycles. The van der Waals surface area contributed by atoms with Crippen LogP contribution in [0.15, 0.2) is 35.6 Å². The van der Waals surface area contributed by atoms with Crippen LogP contribution in [0.1, 0.15) is 5.82 Å². The van der Waals surface area contributed by atoms with Gasteiger partial charge in [0.15, 0.2) is 11.8 Å². The van der Waals surface area contributed by atoms with E-state index in [-0.39, 0.29) is 0 Å². The summed E-state index contributed by atoms with van der Waals surface area (Å²) < 4.78 is 1.90. The molecule has 0 unspecified atom stereocenters. The molecule has 1 saturated heterocycles. The molecule has 0 saturated carbocycles. The number of nitrogens with zero attached hydrogens (tertiary/aromatic N) is 6. The average Bonchev–Trinajstić information content (AvgIpc) is 3.01. The first-order chi connectivity index (χ1) is 11.7. The van der Waals surface area contributed by atoms with Crippen LogP contribution in [0.5, 0.6) is 0 Å². The van der Waals surface area contributed by atoms with Crippen LogP contribution in [0.3, 0.4) is 0 Å². The van der Waals surface area contributed by atoms with Crippen LogP contribution in [0.2, 0.25) is 5.02 Å². The molecule has 0 aliphatic carbocycles. The summed E-state index contributed by atoms with van der Waals surface area (Å²) in [5.74, 6) is 1.78. The van der Waals surface area contributed by atoms with E-state index < -0.39 is 0 Å². The van der Waals surface area contributed by atoms with E-state index in [4.69, 9.17) is 11.6 Å². The average molecular weight is 348 g/mol. The van der Waals surface area contributed by atoms with Gasteiger partial charge >= 0.3 is 0 Å². The van der Waals surface area contributed by atoms with Gasteiger partial charge in [-0.3, -0.25) is 4.99 Å². The maximum atomic E-state index is 6.09. The third kappa shape index (κ3) is 3.79. The zero-order valence-corrected chi connectivity index (χ0v) is 14.7. The minimum atomic E-state index is 0.609. The molecular formula is C16H22ClN7. The van der Waals surface area contributed by atoms with Crippen molar-refractivity contribution in [3.8, 4) is 0 Å². The maximum absolute atomic E-state index is 6.09. The summed E-state index contributed by atoms with van der Waals surface area (Å²) in [7, 11) is 3.74. The highest BCUT2D eigenvalue weighted by molar-refractivity contribution is 6.30. The fourth-order valence-corrected chi connectivity index (χ4v) is 2.99. The number of hydrogen-bond donors (Lipinski definition) is 1. The maximum Gasteiger partial charge on any atom is 0.194 e. The van der Waals surface area contributed by atoms with Crippen molar-refractivity contribution in [1.29, 1.82) is 0 Å². The Hall–Kier alpha value is -2.28. The van der Waals surface area contributed by atoms with E-state index in [1.165, 1.54) is 5.69 Å². The second-order valence-electron chi connectivity index (χ2n) is 5.71. The summed E-state index contributed by atoms with van der Waals surface area (Å²) in [5.41, 5.74) is 1.17. The fourth-order valence-electron chi connectivity index (χ4n) is 2.81. The number of benzene rings is 1. The van der Waals surface area contributed by atoms with Crippen LogP contribution in [0.25, 0.3) is 0 Å². The van der Waals surface area contributed by atoms with E-state index in [1.807, 2.05) is 36.9 Å². The molecule has 1 N–H and O–H groups in total. The topological polar surface area (TPSA) is 61.6 Å². The molecule has 0 bridgehead atoms. The summed E-state index contributed by atoms with van der Waals surface area (Å²) in [6.07, 6.45) is 1.70. The van der Waals surface area contributed by atoms with E-state index >= 15 is 0 Å². The minimum absolute atomic E-state index is 0.609. The summed E-state index contributed by atoms with van der Waals surface area (Å²) in [4.78, 5) is 8.99. The molecule has 1 fully saturated rings. The standard InChI is InChI=1S/C16H22ClN7/c1-18-16(19-11-15-21-20-12-22(15)2)24-8-6-23(7-9-24)14-5-3-4-13(17)10-14/h3-5,10,12H,6-9,11H2,1-2H3,(H,18,19). The highest BCUT2D eigenvalue weighted by atomic mass is 35.5. The lowest BCUT2D eigenvalue weighted by Gasteiger charge is -2.37. The van der Waals surface area contributed by atoms with Crippen LogP contribution in [-0.4, -0.2) is 58.9 Å². The molecule has 1 aliphatic heterocycles. The van der Waals surface area contributed by atoms with Crippen LogP contribution in [-0.2, 0) is 13.6 Å². The van der Waals surface area contributed by atoms with Gasteiger partial charge in [0, 0.05) is 51.0 Å². The van der Waals surface area contributed by atoms with E-state index in [1.54, 1.807) is 6.33 Å². The van der Waals surface area contributed by atoms with Crippen molar-refractivity contribution in [2.45, 2.75) is 6.54 Å². The van der Waals surface area contributed by atoms with Crippen LogP contribution < -0.4 is 10.2 Å². The Morgan fingerprint density at radius 3 is 2.71 bits per heavy atom. The van der Waals surface area contributed by atoms with Gasteiger partial charge in [-0.25, -0.2) is 0 Å². The molecule has 0 radical (unpaired) electrons. The van der Waals surface area contributed by atoms with Crippen molar-refractivity contribution in [2.24, 2.45) is 12.0 Å². The monoisotopic (exact) mass is 347 g/mol. The first-order valence-electron chi connectivity index (χ1n) is 7.96. The molecule has 0 atom stereocenters. The van der Waals surface area contributed by atoms with Crippen molar-refractivity contribution in [3.05, 3.63) is 41.4 Å². The van der Waals surface area contributed by atoms with Gasteiger partial charge in [-0.05, 0) is 18.2 Å². The van der Waals surface area contributed by atoms with Crippen LogP contribution >= 0.6 is 11.6 Å². The summed E-state index contributed by atoms with van der Waals surface area (Å²) >= 11 is 6.09. The van der Waals surface area contributed by atoms with E-state index in [9.17, 15) is 0 Å². The van der Waals surface area contributed by atoms with Gasteiger partial charge in [-0.2, -0.15) is 0 Å². The smallest absolute Gasteiger partial charge is 0.194 e. The van der Waals surface area contributed by atoms with Gasteiger partial charge in [0.1, 0.15) is 6.33 Å². The number of aryl methyl sites for hydroxylation is 1. The molecule has 3 rings (SSSR count). The van der Waals surface area contributed by atoms with Crippen molar-refractivity contribution in [2.75, 3.05) is 38.1 Å². The number of piperazine rings is 1. The molecule has 128 valence electrons. The molecule has 7 nitrogen and oxygen atoms in total. The quantitative estimate of drug-likeness (QED) is 0.671. The summed E-state index contributed by atoms with van der Waals surface area (Å²) in [6, 6.07) is 8.01. The number of rotatable bonds is 3. The molecule has 24 heavy (non-hydrogen) atoms. The van der Waals surface area contributed by atoms with Crippen LogP contribution in [0, 0.1) is 0 Å². The largest absolute Gasteiger partial charge is 0.368 e. The van der Waals surface area contributed by atoms with Gasteiger partial charge < -0.3 is 19.7 Å². The Morgan fingerprint density at radius 1 is 1.29 bits per heavy atom. The lowest BCUT2D eigenvalue weighted by Crippen LogP contribution is -2.52.